The number of Topliss-reactive ketones (excluding diaryl/α,β-unsaturated/α-hetero) is 1. The fourth-order valence-electron chi connectivity index (χ4n) is 3.22. The minimum absolute atomic E-state index is 0.0380. The van der Waals surface area contributed by atoms with Crippen molar-refractivity contribution in [3.05, 3.63) is 90.2 Å². The van der Waals surface area contributed by atoms with Crippen molar-refractivity contribution in [1.82, 2.24) is 0 Å². The van der Waals surface area contributed by atoms with Gasteiger partial charge < -0.3 is 5.32 Å². The number of ketones is 1. The highest BCUT2D eigenvalue weighted by atomic mass is 32.2. The molecule has 8 heteroatoms. The van der Waals surface area contributed by atoms with E-state index in [-0.39, 0.29) is 35.8 Å². The van der Waals surface area contributed by atoms with Crippen molar-refractivity contribution >= 4 is 33.1 Å². The Morgan fingerprint density at radius 1 is 0.875 bits per heavy atom. The number of carbonyl (C=O) groups excluding carboxylic acids is 2. The standard InChI is InChI=1S/C24H23FN2O4S/c1-2-27(20-8-4-3-5-9-20)32(30,31)23-11-7-6-10-21(23)26-24(29)17-16-22(28)18-12-14-19(25)15-13-18/h3-15H,2,16-17H2,1H3,(H,26,29). The monoisotopic (exact) mass is 454 g/mol. The quantitative estimate of drug-likeness (QED) is 0.478. The summed E-state index contributed by atoms with van der Waals surface area (Å²) in [7, 11) is -3.94. The van der Waals surface area contributed by atoms with E-state index >= 15 is 0 Å². The summed E-state index contributed by atoms with van der Waals surface area (Å²) in [6, 6.07) is 19.9. The second kappa shape index (κ2) is 10.2. The van der Waals surface area contributed by atoms with E-state index in [1.54, 1.807) is 49.4 Å². The Bertz CT molecular complexity index is 1200. The lowest BCUT2D eigenvalue weighted by Gasteiger charge is -2.24. The van der Waals surface area contributed by atoms with Crippen molar-refractivity contribution in [1.29, 1.82) is 0 Å². The van der Waals surface area contributed by atoms with Crippen molar-refractivity contribution in [2.45, 2.75) is 24.7 Å². The summed E-state index contributed by atoms with van der Waals surface area (Å²) in [5.41, 5.74) is 0.964. The first-order valence-corrected chi connectivity index (χ1v) is 11.5. The van der Waals surface area contributed by atoms with Gasteiger partial charge in [0, 0.05) is 24.9 Å². The molecule has 0 aromatic heterocycles. The predicted molar refractivity (Wildman–Crippen MR) is 122 cm³/mol. The molecule has 0 aliphatic carbocycles. The van der Waals surface area contributed by atoms with E-state index in [9.17, 15) is 22.4 Å². The molecule has 32 heavy (non-hydrogen) atoms. The first-order chi connectivity index (χ1) is 15.3. The summed E-state index contributed by atoms with van der Waals surface area (Å²) >= 11 is 0. The molecular formula is C24H23FN2O4S. The Balaban J connectivity index is 1.75. The normalized spacial score (nSPS) is 11.1. The van der Waals surface area contributed by atoms with Crippen molar-refractivity contribution < 1.29 is 22.4 Å². The van der Waals surface area contributed by atoms with E-state index in [2.05, 4.69) is 5.32 Å². The van der Waals surface area contributed by atoms with Crippen molar-refractivity contribution in [2.75, 3.05) is 16.2 Å². The van der Waals surface area contributed by atoms with Gasteiger partial charge in [-0.1, -0.05) is 30.3 Å². The van der Waals surface area contributed by atoms with Gasteiger partial charge in [0.15, 0.2) is 5.78 Å². The Hall–Kier alpha value is -3.52. The van der Waals surface area contributed by atoms with Crippen LogP contribution in [0, 0.1) is 5.82 Å². The molecule has 3 aromatic rings. The Morgan fingerprint density at radius 3 is 2.16 bits per heavy atom. The van der Waals surface area contributed by atoms with E-state index in [4.69, 9.17) is 0 Å². The number of nitrogens with one attached hydrogen (secondary N) is 1. The van der Waals surface area contributed by atoms with Crippen LogP contribution in [0.1, 0.15) is 30.1 Å². The molecule has 0 saturated carbocycles. The number of benzene rings is 3. The number of anilines is 2. The first-order valence-electron chi connectivity index (χ1n) is 10.1. The molecular weight excluding hydrogens is 431 g/mol. The van der Waals surface area contributed by atoms with Gasteiger partial charge in [-0.25, -0.2) is 12.8 Å². The molecule has 3 rings (SSSR count). The van der Waals surface area contributed by atoms with Gasteiger partial charge in [0.05, 0.1) is 11.4 Å². The molecule has 0 fully saturated rings. The van der Waals surface area contributed by atoms with Crippen LogP contribution in [0.3, 0.4) is 0 Å². The van der Waals surface area contributed by atoms with Crippen LogP contribution < -0.4 is 9.62 Å². The van der Waals surface area contributed by atoms with Crippen LogP contribution in [-0.2, 0) is 14.8 Å². The van der Waals surface area contributed by atoms with Crippen LogP contribution in [0.5, 0.6) is 0 Å². The number of nitrogens with zero attached hydrogens (tertiary/aromatic N) is 1. The van der Waals surface area contributed by atoms with Crippen LogP contribution in [-0.4, -0.2) is 26.7 Å². The summed E-state index contributed by atoms with van der Waals surface area (Å²) in [6.45, 7) is 1.94. The molecule has 0 bridgehead atoms. The van der Waals surface area contributed by atoms with Gasteiger partial charge in [-0.15, -0.1) is 0 Å². The minimum Gasteiger partial charge on any atom is -0.325 e. The van der Waals surface area contributed by atoms with E-state index in [1.165, 1.54) is 40.7 Å². The number of sulfonamides is 1. The summed E-state index contributed by atoms with van der Waals surface area (Å²) in [6.07, 6.45) is -0.224. The number of para-hydroxylation sites is 2. The lowest BCUT2D eigenvalue weighted by atomic mass is 10.1. The number of hydrogen-bond acceptors (Lipinski definition) is 4. The van der Waals surface area contributed by atoms with E-state index in [0.29, 0.717) is 11.3 Å². The fraction of sp³-hybridized carbons (Fsp3) is 0.167. The lowest BCUT2D eigenvalue weighted by molar-refractivity contribution is -0.116. The zero-order chi connectivity index (χ0) is 23.1. The molecule has 6 nitrogen and oxygen atoms in total. The number of carbonyl (C=O) groups is 2. The maximum atomic E-state index is 13.3. The summed E-state index contributed by atoms with van der Waals surface area (Å²) in [4.78, 5) is 24.6. The van der Waals surface area contributed by atoms with Crippen molar-refractivity contribution in [2.24, 2.45) is 0 Å². The zero-order valence-corrected chi connectivity index (χ0v) is 18.3. The van der Waals surface area contributed by atoms with Gasteiger partial charge in [-0.2, -0.15) is 0 Å². The molecule has 1 N–H and O–H groups in total. The largest absolute Gasteiger partial charge is 0.325 e. The number of rotatable bonds is 9. The van der Waals surface area contributed by atoms with Crippen LogP contribution in [0.4, 0.5) is 15.8 Å². The summed E-state index contributed by atoms with van der Waals surface area (Å²) in [5.74, 6) is -1.25. The third kappa shape index (κ3) is 5.39. The Morgan fingerprint density at radius 2 is 1.50 bits per heavy atom. The number of amides is 1. The average Bonchev–Trinajstić information content (AvgIpc) is 2.79. The Labute approximate surface area is 186 Å². The highest BCUT2D eigenvalue weighted by Gasteiger charge is 2.26. The van der Waals surface area contributed by atoms with Crippen molar-refractivity contribution in [3.8, 4) is 0 Å². The smallest absolute Gasteiger partial charge is 0.266 e. The highest BCUT2D eigenvalue weighted by molar-refractivity contribution is 7.93. The molecule has 0 spiro atoms. The maximum Gasteiger partial charge on any atom is 0.266 e. The van der Waals surface area contributed by atoms with Crippen LogP contribution in [0.2, 0.25) is 0 Å². The van der Waals surface area contributed by atoms with Gasteiger partial charge in [-0.3, -0.25) is 13.9 Å². The second-order valence-electron chi connectivity index (χ2n) is 6.98. The van der Waals surface area contributed by atoms with Gasteiger partial charge in [0.1, 0.15) is 10.7 Å². The zero-order valence-electron chi connectivity index (χ0n) is 17.5. The molecule has 0 radical (unpaired) electrons. The molecule has 3 aromatic carbocycles. The number of hydrogen-bond donors (Lipinski definition) is 1. The predicted octanol–water partition coefficient (Wildman–Crippen LogP) is 4.64. The van der Waals surface area contributed by atoms with Crippen LogP contribution in [0.15, 0.2) is 83.8 Å². The highest BCUT2D eigenvalue weighted by Crippen LogP contribution is 2.28. The van der Waals surface area contributed by atoms with E-state index in [0.717, 1.165) is 0 Å². The molecule has 0 atom stereocenters. The average molecular weight is 455 g/mol. The molecule has 0 unspecified atom stereocenters. The molecule has 0 aliphatic heterocycles. The van der Waals surface area contributed by atoms with E-state index < -0.39 is 21.7 Å². The molecule has 0 saturated heterocycles. The molecule has 166 valence electrons. The van der Waals surface area contributed by atoms with Gasteiger partial charge in [0.25, 0.3) is 10.0 Å². The van der Waals surface area contributed by atoms with Crippen molar-refractivity contribution in [3.63, 3.8) is 0 Å². The maximum absolute atomic E-state index is 13.3. The lowest BCUT2D eigenvalue weighted by Crippen LogP contribution is -2.31. The van der Waals surface area contributed by atoms with Gasteiger partial charge in [-0.05, 0) is 55.5 Å². The molecule has 0 aliphatic rings. The van der Waals surface area contributed by atoms with E-state index in [1.807, 2.05) is 0 Å². The summed E-state index contributed by atoms with van der Waals surface area (Å²) in [5, 5.41) is 2.61. The van der Waals surface area contributed by atoms with Gasteiger partial charge >= 0.3 is 0 Å². The second-order valence-corrected chi connectivity index (χ2v) is 8.81. The first kappa shape index (κ1) is 23.1. The van der Waals surface area contributed by atoms with Gasteiger partial charge in [0.2, 0.25) is 5.91 Å². The Kier molecular flexibility index (Phi) is 7.37. The molecule has 1 amide bonds. The van der Waals surface area contributed by atoms with Crippen LogP contribution >= 0.6 is 0 Å². The minimum atomic E-state index is -3.94. The molecule has 0 heterocycles. The third-order valence-electron chi connectivity index (χ3n) is 4.81. The topological polar surface area (TPSA) is 83.6 Å². The van der Waals surface area contributed by atoms with Crippen LogP contribution in [0.25, 0.3) is 0 Å². The number of halogens is 1. The fourth-order valence-corrected chi connectivity index (χ4v) is 4.84. The summed E-state index contributed by atoms with van der Waals surface area (Å²) < 4.78 is 40.9. The third-order valence-corrected chi connectivity index (χ3v) is 6.77. The SMILES string of the molecule is CCN(c1ccccc1)S(=O)(=O)c1ccccc1NC(=O)CCC(=O)c1ccc(F)cc1.